The first kappa shape index (κ1) is 44.6. The molecule has 0 aromatic heterocycles. The second-order valence-electron chi connectivity index (χ2n) is 17.1. The summed E-state index contributed by atoms with van der Waals surface area (Å²) in [6.07, 6.45) is 0.336. The Labute approximate surface area is 321 Å². The van der Waals surface area contributed by atoms with Crippen LogP contribution in [0.2, 0.25) is 0 Å². The van der Waals surface area contributed by atoms with Gasteiger partial charge in [-0.1, -0.05) is 48.5 Å². The lowest BCUT2D eigenvalue weighted by molar-refractivity contribution is -0.150. The molecule has 2 saturated carbocycles. The summed E-state index contributed by atoms with van der Waals surface area (Å²) < 4.78 is 0. The zero-order chi connectivity index (χ0) is 41.3. The maximum atomic E-state index is 14.3. The van der Waals surface area contributed by atoms with Crippen LogP contribution in [-0.4, -0.2) is 143 Å². The average Bonchev–Trinajstić information content (AvgIpc) is 3.95. The summed E-state index contributed by atoms with van der Waals surface area (Å²) in [6, 6.07) is -7.24. The molecule has 3 fully saturated rings. The lowest BCUT2D eigenvalue weighted by Gasteiger charge is -2.36. The number of likely N-dealkylation sites (N-methyl/N-ethyl adjacent to an activating group) is 4. The highest BCUT2D eigenvalue weighted by atomic mass is 16.3. The van der Waals surface area contributed by atoms with Crippen LogP contribution in [0.1, 0.15) is 82.1 Å². The number of carbonyl (C=O) groups is 7. The van der Waals surface area contributed by atoms with Crippen LogP contribution >= 0.6 is 0 Å². The Kier molecular flexibility index (Phi) is 14.7. The SMILES string of the molecule is CC(C)C[C@H]1NC(=O)[C@@H](C)N(C)C(=O)[C@H](C)N(C)C(=O)[C@H](C2[C@@H](C)[C@@H]2C)NC(=O)[C@H](CC(C)CO)N(C)C(=O)[C@H](C)N(C)C(=O)[C@@H](C2[C@@H](C)[C@@H]2C)NC1=O. The van der Waals surface area contributed by atoms with Crippen LogP contribution in [0.4, 0.5) is 0 Å². The van der Waals surface area contributed by atoms with Crippen molar-refractivity contribution in [1.29, 1.82) is 0 Å². The van der Waals surface area contributed by atoms with Gasteiger partial charge in [-0.3, -0.25) is 33.6 Å². The number of amides is 7. The number of nitrogens with zero attached hydrogens (tertiary/aromatic N) is 4. The Balaban J connectivity index is 2.14. The van der Waals surface area contributed by atoms with Gasteiger partial charge in [0.25, 0.3) is 0 Å². The van der Waals surface area contributed by atoms with Crippen LogP contribution in [0, 0.1) is 47.3 Å². The van der Waals surface area contributed by atoms with E-state index in [0.717, 1.165) is 0 Å². The first-order valence-electron chi connectivity index (χ1n) is 19.6. The molecule has 0 bridgehead atoms. The van der Waals surface area contributed by atoms with Crippen LogP contribution < -0.4 is 16.0 Å². The quantitative estimate of drug-likeness (QED) is 0.292. The molecule has 54 heavy (non-hydrogen) atoms. The average molecular weight is 762 g/mol. The molecule has 1 saturated heterocycles. The number of aliphatic hydroxyl groups is 1. The predicted octanol–water partition coefficient (Wildman–Crippen LogP) is 0.691. The molecule has 7 amide bonds. The molecule has 0 aromatic rings. The standard InChI is InChI=1S/C39H67N7O8/c1-18(2)15-27-34(49)41-31(29-20(4)21(29)5)38(53)45(13)26(10)37(52)46(14)28(16-19(3)17-47)35(50)42-32(30-22(6)23(30)7)39(54)44(12)25(9)36(51)43(11)24(8)33(48)40-27/h18-32,47H,15-17H2,1-14H3,(H,40,48)(H,41,49)(H,42,50)/t19?,20-,21-,22-,23-,24+,25-,26-,27+,28-,31+,32-/m0/s1. The third kappa shape index (κ3) is 9.54. The minimum absolute atomic E-state index is 0.0173. The minimum Gasteiger partial charge on any atom is -0.396 e. The molecule has 1 heterocycles. The fourth-order valence-electron chi connectivity index (χ4n) is 7.92. The van der Waals surface area contributed by atoms with Gasteiger partial charge < -0.3 is 40.7 Å². The summed E-state index contributed by atoms with van der Waals surface area (Å²) in [6.45, 7) is 17.9. The molecule has 1 unspecified atom stereocenters. The highest BCUT2D eigenvalue weighted by molar-refractivity contribution is 5.98. The topological polar surface area (TPSA) is 189 Å². The van der Waals surface area contributed by atoms with Crippen molar-refractivity contribution >= 4 is 41.4 Å². The molecule has 3 aliphatic rings. The maximum absolute atomic E-state index is 14.3. The smallest absolute Gasteiger partial charge is 0.245 e. The highest BCUT2D eigenvalue weighted by Crippen LogP contribution is 2.49. The first-order chi connectivity index (χ1) is 25.0. The van der Waals surface area contributed by atoms with Crippen molar-refractivity contribution in [2.45, 2.75) is 124 Å². The van der Waals surface area contributed by atoms with Gasteiger partial charge in [-0.25, -0.2) is 0 Å². The lowest BCUT2D eigenvalue weighted by atomic mass is 9.98. The van der Waals surface area contributed by atoms with Crippen LogP contribution in [0.25, 0.3) is 0 Å². The van der Waals surface area contributed by atoms with Crippen LogP contribution in [-0.2, 0) is 33.6 Å². The molecule has 12 atom stereocenters. The van der Waals surface area contributed by atoms with Crippen molar-refractivity contribution in [1.82, 2.24) is 35.6 Å². The van der Waals surface area contributed by atoms with Crippen LogP contribution in [0.15, 0.2) is 0 Å². The number of carbonyl (C=O) groups excluding carboxylic acids is 7. The fourth-order valence-corrected chi connectivity index (χ4v) is 7.92. The molecule has 1 aliphatic heterocycles. The Morgan fingerprint density at radius 3 is 1.30 bits per heavy atom. The van der Waals surface area contributed by atoms with E-state index in [1.165, 1.54) is 54.7 Å². The largest absolute Gasteiger partial charge is 0.396 e. The highest BCUT2D eigenvalue weighted by Gasteiger charge is 2.54. The van der Waals surface area contributed by atoms with E-state index in [2.05, 4.69) is 16.0 Å². The predicted molar refractivity (Wildman–Crippen MR) is 203 cm³/mol. The van der Waals surface area contributed by atoms with Crippen molar-refractivity contribution < 1.29 is 38.7 Å². The van der Waals surface area contributed by atoms with Crippen molar-refractivity contribution in [3.8, 4) is 0 Å². The molecule has 0 aromatic carbocycles. The van der Waals surface area contributed by atoms with Crippen molar-refractivity contribution in [2.75, 3.05) is 34.8 Å². The van der Waals surface area contributed by atoms with Gasteiger partial charge in [0.15, 0.2) is 0 Å². The summed E-state index contributed by atoms with van der Waals surface area (Å²) in [5.74, 6) is -4.24. The Hall–Kier alpha value is -3.75. The zero-order valence-electron chi connectivity index (χ0n) is 34.9. The van der Waals surface area contributed by atoms with E-state index in [1.54, 1.807) is 20.8 Å². The summed E-state index contributed by atoms with van der Waals surface area (Å²) in [5.41, 5.74) is 0. The van der Waals surface area contributed by atoms with E-state index in [1.807, 2.05) is 41.5 Å². The molecule has 2 aliphatic carbocycles. The molecule has 15 heteroatoms. The zero-order valence-corrected chi connectivity index (χ0v) is 34.9. The summed E-state index contributed by atoms with van der Waals surface area (Å²) in [5, 5.41) is 18.6. The number of aliphatic hydroxyl groups excluding tert-OH is 1. The monoisotopic (exact) mass is 762 g/mol. The summed E-state index contributed by atoms with van der Waals surface area (Å²) in [4.78, 5) is 103. The molecule has 15 nitrogen and oxygen atoms in total. The molecule has 4 N–H and O–H groups in total. The van der Waals surface area contributed by atoms with Crippen molar-refractivity contribution in [3.63, 3.8) is 0 Å². The van der Waals surface area contributed by atoms with Gasteiger partial charge in [0.1, 0.15) is 42.3 Å². The van der Waals surface area contributed by atoms with E-state index in [9.17, 15) is 38.7 Å². The van der Waals surface area contributed by atoms with Gasteiger partial charge >= 0.3 is 0 Å². The minimum atomic E-state index is -1.11. The molecular weight excluding hydrogens is 694 g/mol. The number of nitrogens with one attached hydrogen (secondary N) is 3. The second-order valence-corrected chi connectivity index (χ2v) is 17.1. The van der Waals surface area contributed by atoms with Gasteiger partial charge in [0.2, 0.25) is 41.4 Å². The normalized spacial score (nSPS) is 37.5. The Bertz CT molecular complexity index is 1420. The second kappa shape index (κ2) is 17.8. The van der Waals surface area contributed by atoms with E-state index < -0.39 is 89.6 Å². The first-order valence-corrected chi connectivity index (χ1v) is 19.6. The van der Waals surface area contributed by atoms with Gasteiger partial charge in [0, 0.05) is 34.8 Å². The van der Waals surface area contributed by atoms with Crippen LogP contribution in [0.3, 0.4) is 0 Å². The van der Waals surface area contributed by atoms with E-state index in [0.29, 0.717) is 0 Å². The van der Waals surface area contributed by atoms with Gasteiger partial charge in [-0.15, -0.1) is 0 Å². The van der Waals surface area contributed by atoms with Crippen LogP contribution in [0.5, 0.6) is 0 Å². The molecule has 0 radical (unpaired) electrons. The third-order valence-corrected chi connectivity index (χ3v) is 13.0. The Morgan fingerprint density at radius 2 is 0.907 bits per heavy atom. The van der Waals surface area contributed by atoms with Gasteiger partial charge in [-0.2, -0.15) is 0 Å². The van der Waals surface area contributed by atoms with Crippen molar-refractivity contribution in [3.05, 3.63) is 0 Å². The number of hydrogen-bond acceptors (Lipinski definition) is 8. The number of rotatable bonds is 7. The summed E-state index contributed by atoms with van der Waals surface area (Å²) >= 11 is 0. The third-order valence-electron chi connectivity index (χ3n) is 13.0. The molecule has 306 valence electrons. The Morgan fingerprint density at radius 1 is 0.519 bits per heavy atom. The van der Waals surface area contributed by atoms with Gasteiger partial charge in [0.05, 0.1) is 0 Å². The molecular formula is C39H67N7O8. The summed E-state index contributed by atoms with van der Waals surface area (Å²) in [7, 11) is 5.89. The molecule has 0 spiro atoms. The molecule has 3 rings (SSSR count). The van der Waals surface area contributed by atoms with E-state index >= 15 is 0 Å². The lowest BCUT2D eigenvalue weighted by Crippen LogP contribution is -2.60. The maximum Gasteiger partial charge on any atom is 0.245 e. The van der Waals surface area contributed by atoms with Crippen molar-refractivity contribution in [2.24, 2.45) is 47.3 Å². The van der Waals surface area contributed by atoms with E-state index in [4.69, 9.17) is 0 Å². The number of hydrogen-bond donors (Lipinski definition) is 4. The fraction of sp³-hybridized carbons (Fsp3) is 0.821. The van der Waals surface area contributed by atoms with Gasteiger partial charge in [-0.05, 0) is 81.0 Å². The van der Waals surface area contributed by atoms with E-state index in [-0.39, 0.29) is 60.9 Å².